The third kappa shape index (κ3) is 2.89. The minimum absolute atomic E-state index is 0.105. The number of para-hydroxylation sites is 1. The summed E-state index contributed by atoms with van der Waals surface area (Å²) in [6.07, 6.45) is 5.68. The Hall–Kier alpha value is -1.71. The molecule has 20 heavy (non-hydrogen) atoms. The maximum Gasteiger partial charge on any atom is 0.257 e. The molecule has 3 N–H and O–H groups in total. The number of anilines is 1. The predicted molar refractivity (Wildman–Crippen MR) is 80.6 cm³/mol. The van der Waals surface area contributed by atoms with Gasteiger partial charge in [-0.1, -0.05) is 19.4 Å². The van der Waals surface area contributed by atoms with E-state index in [1.165, 1.54) is 19.3 Å². The highest BCUT2D eigenvalue weighted by Crippen LogP contribution is 2.31. The molecule has 1 aromatic carbocycles. The monoisotopic (exact) mass is 276 g/mol. The molecule has 0 aromatic heterocycles. The summed E-state index contributed by atoms with van der Waals surface area (Å²) < 4.78 is 0. The third-order valence-corrected chi connectivity index (χ3v) is 4.56. The summed E-state index contributed by atoms with van der Waals surface area (Å²) in [7, 11) is 1.82. The molecule has 110 valence electrons. The van der Waals surface area contributed by atoms with Crippen molar-refractivity contribution in [2.24, 2.45) is 5.92 Å². The van der Waals surface area contributed by atoms with Crippen molar-refractivity contribution >= 4 is 11.6 Å². The van der Waals surface area contributed by atoms with Crippen LogP contribution in [0.1, 0.15) is 49.4 Å². The molecule has 4 heteroatoms. The van der Waals surface area contributed by atoms with E-state index in [4.69, 9.17) is 5.73 Å². The van der Waals surface area contributed by atoms with Crippen molar-refractivity contribution in [2.45, 2.75) is 45.1 Å². The highest BCUT2D eigenvalue weighted by atomic mass is 16.3. The molecule has 1 saturated carbocycles. The summed E-state index contributed by atoms with van der Waals surface area (Å²) in [6.45, 7) is 2.23. The zero-order valence-corrected chi connectivity index (χ0v) is 12.3. The molecule has 0 aliphatic heterocycles. The SMILES string of the molecule is CCC1CCC(N(C)C(=O)c2cccc(N)c2O)CC1. The number of amides is 1. The van der Waals surface area contributed by atoms with E-state index in [2.05, 4.69) is 6.92 Å². The molecule has 4 nitrogen and oxygen atoms in total. The van der Waals surface area contributed by atoms with Crippen molar-refractivity contribution in [3.63, 3.8) is 0 Å². The number of phenolic OH excluding ortho intramolecular Hbond substituents is 1. The van der Waals surface area contributed by atoms with Crippen molar-refractivity contribution in [1.29, 1.82) is 0 Å². The maximum atomic E-state index is 12.5. The van der Waals surface area contributed by atoms with Crippen LogP contribution in [0.4, 0.5) is 5.69 Å². The first-order valence-electron chi connectivity index (χ1n) is 7.39. The molecule has 0 bridgehead atoms. The lowest BCUT2D eigenvalue weighted by molar-refractivity contribution is 0.0672. The van der Waals surface area contributed by atoms with Crippen LogP contribution < -0.4 is 5.73 Å². The van der Waals surface area contributed by atoms with Crippen molar-refractivity contribution in [2.75, 3.05) is 12.8 Å². The molecule has 1 aliphatic rings. The van der Waals surface area contributed by atoms with Gasteiger partial charge >= 0.3 is 0 Å². The van der Waals surface area contributed by atoms with E-state index in [0.29, 0.717) is 5.56 Å². The second kappa shape index (κ2) is 6.16. The molecule has 0 atom stereocenters. The Balaban J connectivity index is 2.07. The number of nitrogens with two attached hydrogens (primary N) is 1. The van der Waals surface area contributed by atoms with Gasteiger partial charge in [-0.05, 0) is 43.7 Å². The van der Waals surface area contributed by atoms with Crippen LogP contribution in [0.2, 0.25) is 0 Å². The summed E-state index contributed by atoms with van der Waals surface area (Å²) in [5, 5.41) is 9.92. The quantitative estimate of drug-likeness (QED) is 0.658. The number of rotatable bonds is 3. The Bertz CT molecular complexity index is 479. The topological polar surface area (TPSA) is 66.6 Å². The van der Waals surface area contributed by atoms with E-state index < -0.39 is 0 Å². The Morgan fingerprint density at radius 3 is 2.60 bits per heavy atom. The molecular weight excluding hydrogens is 252 g/mol. The van der Waals surface area contributed by atoms with E-state index in [9.17, 15) is 9.90 Å². The average molecular weight is 276 g/mol. The standard InChI is InChI=1S/C16H24N2O2/c1-3-11-7-9-12(10-8-11)18(2)16(20)13-5-4-6-14(17)15(13)19/h4-6,11-12,19H,3,7-10,17H2,1-2H3. The number of carbonyl (C=O) groups is 1. The number of benzene rings is 1. The lowest BCUT2D eigenvalue weighted by Gasteiger charge is -2.34. The van der Waals surface area contributed by atoms with Gasteiger partial charge in [0.05, 0.1) is 11.3 Å². The number of hydrogen-bond donors (Lipinski definition) is 2. The van der Waals surface area contributed by atoms with Gasteiger partial charge in [-0.25, -0.2) is 0 Å². The van der Waals surface area contributed by atoms with Crippen LogP contribution in [0.5, 0.6) is 5.75 Å². The smallest absolute Gasteiger partial charge is 0.257 e. The second-order valence-corrected chi connectivity index (χ2v) is 5.74. The molecule has 0 unspecified atom stereocenters. The van der Waals surface area contributed by atoms with Gasteiger partial charge in [0, 0.05) is 13.1 Å². The normalized spacial score (nSPS) is 22.5. The van der Waals surface area contributed by atoms with Gasteiger partial charge in [0.25, 0.3) is 5.91 Å². The molecule has 0 heterocycles. The molecule has 0 saturated heterocycles. The van der Waals surface area contributed by atoms with Gasteiger partial charge in [0.1, 0.15) is 0 Å². The minimum atomic E-state index is -0.144. The fraction of sp³-hybridized carbons (Fsp3) is 0.562. The largest absolute Gasteiger partial charge is 0.505 e. The predicted octanol–water partition coefficient (Wildman–Crippen LogP) is 3.02. The van der Waals surface area contributed by atoms with Gasteiger partial charge in [-0.3, -0.25) is 4.79 Å². The first-order chi connectivity index (χ1) is 9.54. The highest BCUT2D eigenvalue weighted by molar-refractivity contribution is 5.98. The Kier molecular flexibility index (Phi) is 4.53. The molecule has 1 amide bonds. The van der Waals surface area contributed by atoms with E-state index in [1.54, 1.807) is 23.1 Å². The molecule has 1 aromatic rings. The maximum absolute atomic E-state index is 12.5. The average Bonchev–Trinajstić information content (AvgIpc) is 2.48. The molecule has 2 rings (SSSR count). The number of nitrogens with zero attached hydrogens (tertiary/aromatic N) is 1. The van der Waals surface area contributed by atoms with Gasteiger partial charge in [-0.15, -0.1) is 0 Å². The van der Waals surface area contributed by atoms with E-state index in [0.717, 1.165) is 18.8 Å². The van der Waals surface area contributed by atoms with Crippen LogP contribution in [-0.2, 0) is 0 Å². The number of aromatic hydroxyl groups is 1. The van der Waals surface area contributed by atoms with Gasteiger partial charge in [0.2, 0.25) is 0 Å². The second-order valence-electron chi connectivity index (χ2n) is 5.74. The van der Waals surface area contributed by atoms with E-state index in [-0.39, 0.29) is 23.4 Å². The third-order valence-electron chi connectivity index (χ3n) is 4.56. The Morgan fingerprint density at radius 2 is 2.00 bits per heavy atom. The zero-order chi connectivity index (χ0) is 14.7. The van der Waals surface area contributed by atoms with Crippen molar-refractivity contribution in [3.05, 3.63) is 23.8 Å². The molecule has 0 radical (unpaired) electrons. The highest BCUT2D eigenvalue weighted by Gasteiger charge is 2.27. The molecule has 1 aliphatic carbocycles. The fourth-order valence-corrected chi connectivity index (χ4v) is 3.03. The van der Waals surface area contributed by atoms with Gasteiger partial charge in [-0.2, -0.15) is 0 Å². The van der Waals surface area contributed by atoms with Crippen LogP contribution in [-0.4, -0.2) is 29.0 Å². The summed E-state index contributed by atoms with van der Waals surface area (Å²) >= 11 is 0. The zero-order valence-electron chi connectivity index (χ0n) is 12.3. The minimum Gasteiger partial charge on any atom is -0.505 e. The van der Waals surface area contributed by atoms with E-state index in [1.807, 2.05) is 7.05 Å². The first-order valence-corrected chi connectivity index (χ1v) is 7.39. The molecule has 0 spiro atoms. The van der Waals surface area contributed by atoms with Crippen LogP contribution >= 0.6 is 0 Å². The van der Waals surface area contributed by atoms with Crippen LogP contribution in [0.15, 0.2) is 18.2 Å². The lowest BCUT2D eigenvalue weighted by atomic mass is 9.84. The Morgan fingerprint density at radius 1 is 1.35 bits per heavy atom. The number of carbonyl (C=O) groups excluding carboxylic acids is 1. The lowest BCUT2D eigenvalue weighted by Crippen LogP contribution is -2.39. The van der Waals surface area contributed by atoms with Crippen LogP contribution in [0.25, 0.3) is 0 Å². The van der Waals surface area contributed by atoms with Crippen molar-refractivity contribution < 1.29 is 9.90 Å². The van der Waals surface area contributed by atoms with Gasteiger partial charge < -0.3 is 15.7 Å². The number of nitrogen functional groups attached to an aromatic ring is 1. The number of hydrogen-bond acceptors (Lipinski definition) is 3. The van der Waals surface area contributed by atoms with Crippen molar-refractivity contribution in [3.8, 4) is 5.75 Å². The van der Waals surface area contributed by atoms with E-state index >= 15 is 0 Å². The van der Waals surface area contributed by atoms with Crippen LogP contribution in [0.3, 0.4) is 0 Å². The molecule has 1 fully saturated rings. The van der Waals surface area contributed by atoms with Crippen LogP contribution in [0, 0.1) is 5.92 Å². The number of phenols is 1. The molecular formula is C16H24N2O2. The first kappa shape index (κ1) is 14.7. The van der Waals surface area contributed by atoms with Gasteiger partial charge in [0.15, 0.2) is 5.75 Å². The summed E-state index contributed by atoms with van der Waals surface area (Å²) in [6, 6.07) is 5.19. The van der Waals surface area contributed by atoms with Crippen molar-refractivity contribution in [1.82, 2.24) is 4.90 Å². The Labute approximate surface area is 120 Å². The summed E-state index contributed by atoms with van der Waals surface area (Å²) in [4.78, 5) is 14.2. The summed E-state index contributed by atoms with van der Waals surface area (Å²) in [5.74, 6) is 0.553. The summed E-state index contributed by atoms with van der Waals surface area (Å²) in [5.41, 5.74) is 6.20. The fourth-order valence-electron chi connectivity index (χ4n) is 3.03.